The number of hydrogen-bond acceptors (Lipinski definition) is 4. The van der Waals surface area contributed by atoms with Crippen molar-refractivity contribution in [2.45, 2.75) is 19.9 Å². The molecular weight excluding hydrogens is 356 g/mol. The van der Waals surface area contributed by atoms with E-state index in [-0.39, 0.29) is 19.1 Å². The summed E-state index contributed by atoms with van der Waals surface area (Å²) in [4.78, 5) is 25.3. The molecule has 1 atom stereocenters. The number of carbonyl (C=O) groups excluding carboxylic acids is 2. The van der Waals surface area contributed by atoms with Crippen LogP contribution < -0.4 is 4.74 Å². The van der Waals surface area contributed by atoms with E-state index in [4.69, 9.17) is 9.47 Å². The van der Waals surface area contributed by atoms with Crippen molar-refractivity contribution < 1.29 is 27.8 Å². The maximum Gasteiger partial charge on any atom is 0.338 e. The van der Waals surface area contributed by atoms with Crippen LogP contribution in [0.5, 0.6) is 5.75 Å². The van der Waals surface area contributed by atoms with E-state index < -0.39 is 23.6 Å². The Hall–Kier alpha value is -2.96. The SMILES string of the molecule is CCOC(=O)c1ccc(OCC(=O)N(C)C(C)c2ccc(F)c(F)c2)cc1. The highest BCUT2D eigenvalue weighted by molar-refractivity contribution is 5.89. The first-order valence-electron chi connectivity index (χ1n) is 8.44. The average Bonchev–Trinajstić information content (AvgIpc) is 2.67. The summed E-state index contributed by atoms with van der Waals surface area (Å²) in [6.07, 6.45) is 0. The zero-order chi connectivity index (χ0) is 20.0. The van der Waals surface area contributed by atoms with Crippen molar-refractivity contribution in [2.24, 2.45) is 0 Å². The Kier molecular flexibility index (Phi) is 6.87. The fourth-order valence-corrected chi connectivity index (χ4v) is 2.36. The van der Waals surface area contributed by atoms with Crippen molar-refractivity contribution in [1.82, 2.24) is 4.90 Å². The van der Waals surface area contributed by atoms with Gasteiger partial charge in [-0.25, -0.2) is 13.6 Å². The summed E-state index contributed by atoms with van der Waals surface area (Å²) in [5.74, 6) is -2.24. The number of rotatable bonds is 7. The first-order valence-corrected chi connectivity index (χ1v) is 8.44. The van der Waals surface area contributed by atoms with Gasteiger partial charge < -0.3 is 14.4 Å². The van der Waals surface area contributed by atoms with E-state index in [1.54, 1.807) is 45.2 Å². The summed E-state index contributed by atoms with van der Waals surface area (Å²) in [5.41, 5.74) is 0.864. The summed E-state index contributed by atoms with van der Waals surface area (Å²) in [7, 11) is 1.56. The lowest BCUT2D eigenvalue weighted by atomic mass is 10.1. The highest BCUT2D eigenvalue weighted by Crippen LogP contribution is 2.21. The van der Waals surface area contributed by atoms with Gasteiger partial charge in [-0.15, -0.1) is 0 Å². The summed E-state index contributed by atoms with van der Waals surface area (Å²) in [6.45, 7) is 3.48. The Balaban J connectivity index is 1.94. The third kappa shape index (κ3) is 5.26. The van der Waals surface area contributed by atoms with Crippen LogP contribution in [0, 0.1) is 11.6 Å². The smallest absolute Gasteiger partial charge is 0.338 e. The molecule has 144 valence electrons. The molecule has 2 rings (SSSR count). The van der Waals surface area contributed by atoms with Crippen LogP contribution in [0.2, 0.25) is 0 Å². The minimum Gasteiger partial charge on any atom is -0.484 e. The van der Waals surface area contributed by atoms with Crippen LogP contribution in [-0.4, -0.2) is 37.0 Å². The van der Waals surface area contributed by atoms with Crippen molar-refractivity contribution >= 4 is 11.9 Å². The van der Waals surface area contributed by atoms with Crippen LogP contribution in [0.15, 0.2) is 42.5 Å². The fourth-order valence-electron chi connectivity index (χ4n) is 2.36. The van der Waals surface area contributed by atoms with E-state index in [9.17, 15) is 18.4 Å². The van der Waals surface area contributed by atoms with E-state index in [0.717, 1.165) is 12.1 Å². The molecule has 0 spiro atoms. The lowest BCUT2D eigenvalue weighted by Crippen LogP contribution is -2.33. The average molecular weight is 377 g/mol. The molecule has 2 aromatic rings. The van der Waals surface area contributed by atoms with Gasteiger partial charge in [-0.3, -0.25) is 4.79 Å². The second kappa shape index (κ2) is 9.12. The molecule has 0 aromatic heterocycles. The lowest BCUT2D eigenvalue weighted by molar-refractivity contribution is -0.134. The van der Waals surface area contributed by atoms with Crippen molar-refractivity contribution in [1.29, 1.82) is 0 Å². The van der Waals surface area contributed by atoms with Crippen molar-refractivity contribution in [3.63, 3.8) is 0 Å². The zero-order valence-corrected chi connectivity index (χ0v) is 15.4. The van der Waals surface area contributed by atoms with Gasteiger partial charge in [0.25, 0.3) is 5.91 Å². The largest absolute Gasteiger partial charge is 0.484 e. The summed E-state index contributed by atoms with van der Waals surface area (Å²) in [6, 6.07) is 9.30. The Labute approximate surface area is 156 Å². The van der Waals surface area contributed by atoms with Crippen LogP contribution in [0.3, 0.4) is 0 Å². The second-order valence-electron chi connectivity index (χ2n) is 5.89. The van der Waals surface area contributed by atoms with E-state index in [0.29, 0.717) is 16.9 Å². The number of carbonyl (C=O) groups is 2. The van der Waals surface area contributed by atoms with Crippen LogP contribution >= 0.6 is 0 Å². The van der Waals surface area contributed by atoms with Gasteiger partial charge in [-0.05, 0) is 55.8 Å². The molecule has 0 bridgehead atoms. The molecule has 2 aromatic carbocycles. The van der Waals surface area contributed by atoms with Gasteiger partial charge in [0.05, 0.1) is 18.2 Å². The standard InChI is InChI=1S/C20H21F2NO4/c1-4-26-20(25)14-5-8-16(9-6-14)27-12-19(24)23(3)13(2)15-7-10-17(21)18(22)11-15/h5-11,13H,4,12H2,1-3H3. The lowest BCUT2D eigenvalue weighted by Gasteiger charge is -2.25. The fraction of sp³-hybridized carbons (Fsp3) is 0.300. The molecule has 7 heteroatoms. The molecule has 0 fully saturated rings. The third-order valence-electron chi connectivity index (χ3n) is 4.13. The Bertz CT molecular complexity index is 808. The van der Waals surface area contributed by atoms with Gasteiger partial charge in [0.2, 0.25) is 0 Å². The number of nitrogens with zero attached hydrogens (tertiary/aromatic N) is 1. The van der Waals surface area contributed by atoms with Gasteiger partial charge in [0.15, 0.2) is 18.2 Å². The van der Waals surface area contributed by atoms with Crippen LogP contribution in [0.25, 0.3) is 0 Å². The number of amides is 1. The van der Waals surface area contributed by atoms with Gasteiger partial charge in [0, 0.05) is 7.05 Å². The van der Waals surface area contributed by atoms with Crippen LogP contribution in [0.4, 0.5) is 8.78 Å². The minimum absolute atomic E-state index is 0.233. The highest BCUT2D eigenvalue weighted by atomic mass is 19.2. The van der Waals surface area contributed by atoms with Gasteiger partial charge in [-0.1, -0.05) is 6.07 Å². The molecule has 0 N–H and O–H groups in total. The second-order valence-corrected chi connectivity index (χ2v) is 5.89. The number of halogens is 2. The molecule has 27 heavy (non-hydrogen) atoms. The Morgan fingerprint density at radius 2 is 1.74 bits per heavy atom. The molecule has 1 unspecified atom stereocenters. The van der Waals surface area contributed by atoms with Crippen LogP contribution in [-0.2, 0) is 9.53 Å². The molecule has 0 aliphatic carbocycles. The van der Waals surface area contributed by atoms with Gasteiger partial charge in [-0.2, -0.15) is 0 Å². The van der Waals surface area contributed by atoms with E-state index in [1.807, 2.05) is 0 Å². The predicted octanol–water partition coefficient (Wildman–Crippen LogP) is 3.74. The van der Waals surface area contributed by atoms with Crippen LogP contribution in [0.1, 0.15) is 35.8 Å². The molecule has 0 saturated carbocycles. The quantitative estimate of drug-likeness (QED) is 0.690. The number of esters is 1. The topological polar surface area (TPSA) is 55.8 Å². The number of benzene rings is 2. The number of ether oxygens (including phenoxy) is 2. The number of hydrogen-bond donors (Lipinski definition) is 0. The molecule has 5 nitrogen and oxygen atoms in total. The highest BCUT2D eigenvalue weighted by Gasteiger charge is 2.19. The maximum atomic E-state index is 13.4. The normalized spacial score (nSPS) is 11.6. The maximum absolute atomic E-state index is 13.4. The molecule has 0 heterocycles. The van der Waals surface area contributed by atoms with E-state index >= 15 is 0 Å². The predicted molar refractivity (Wildman–Crippen MR) is 95.4 cm³/mol. The monoisotopic (exact) mass is 377 g/mol. The van der Waals surface area contributed by atoms with Crippen molar-refractivity contribution in [3.05, 3.63) is 65.2 Å². The van der Waals surface area contributed by atoms with Gasteiger partial charge in [0.1, 0.15) is 5.75 Å². The third-order valence-corrected chi connectivity index (χ3v) is 4.13. The van der Waals surface area contributed by atoms with Gasteiger partial charge >= 0.3 is 5.97 Å². The van der Waals surface area contributed by atoms with E-state index in [1.165, 1.54) is 11.0 Å². The molecule has 0 radical (unpaired) electrons. The summed E-state index contributed by atoms with van der Waals surface area (Å²) < 4.78 is 36.7. The van der Waals surface area contributed by atoms with Crippen molar-refractivity contribution in [2.75, 3.05) is 20.3 Å². The summed E-state index contributed by atoms with van der Waals surface area (Å²) in [5, 5.41) is 0. The minimum atomic E-state index is -0.960. The zero-order valence-electron chi connectivity index (χ0n) is 15.4. The first kappa shape index (κ1) is 20.4. The first-order chi connectivity index (χ1) is 12.8. The van der Waals surface area contributed by atoms with E-state index in [2.05, 4.69) is 0 Å². The van der Waals surface area contributed by atoms with Crippen molar-refractivity contribution in [3.8, 4) is 5.75 Å². The molecule has 1 amide bonds. The Morgan fingerprint density at radius 1 is 1.07 bits per heavy atom. The summed E-state index contributed by atoms with van der Waals surface area (Å²) >= 11 is 0. The molecule has 0 saturated heterocycles. The molecular formula is C20H21F2NO4. The number of likely N-dealkylation sites (N-methyl/N-ethyl adjacent to an activating group) is 1. The molecule has 0 aliphatic heterocycles. The molecule has 0 aliphatic rings. The Morgan fingerprint density at radius 3 is 2.33 bits per heavy atom.